The highest BCUT2D eigenvalue weighted by molar-refractivity contribution is 9.10. The lowest BCUT2D eigenvalue weighted by Crippen LogP contribution is -2.20. The smallest absolute Gasteiger partial charge is 0.250 e. The molecule has 0 saturated carbocycles. The monoisotopic (exact) mass is 526 g/mol. The summed E-state index contributed by atoms with van der Waals surface area (Å²) in [7, 11) is 0. The lowest BCUT2D eigenvalue weighted by atomic mass is 10.2. The maximum atomic E-state index is 12.3. The topological polar surface area (TPSA) is 85.1 Å². The van der Waals surface area contributed by atoms with Crippen LogP contribution in [0.4, 0.5) is 0 Å². The second kappa shape index (κ2) is 10.5. The number of hydrazone groups is 1. The van der Waals surface area contributed by atoms with E-state index in [1.165, 1.54) is 11.8 Å². The van der Waals surface area contributed by atoms with Gasteiger partial charge in [0.2, 0.25) is 0 Å². The first-order valence-electron chi connectivity index (χ1n) is 9.42. The van der Waals surface area contributed by atoms with Gasteiger partial charge < -0.3 is 0 Å². The van der Waals surface area contributed by atoms with Gasteiger partial charge >= 0.3 is 0 Å². The van der Waals surface area contributed by atoms with E-state index in [0.717, 1.165) is 21.3 Å². The molecule has 0 radical (unpaired) electrons. The van der Waals surface area contributed by atoms with Crippen molar-refractivity contribution in [1.29, 1.82) is 0 Å². The van der Waals surface area contributed by atoms with Crippen molar-refractivity contribution < 1.29 is 4.79 Å². The Morgan fingerprint density at radius 1 is 1.06 bits per heavy atom. The van der Waals surface area contributed by atoms with Crippen molar-refractivity contribution in [2.24, 2.45) is 5.10 Å². The minimum Gasteiger partial charge on any atom is -0.272 e. The van der Waals surface area contributed by atoms with Crippen molar-refractivity contribution in [2.75, 3.05) is 5.75 Å². The number of nitrogens with zero attached hydrogens (tertiary/aromatic N) is 5. The fraction of sp³-hybridized carbons (Fsp3) is 0.0455. The van der Waals surface area contributed by atoms with Crippen LogP contribution in [0.25, 0.3) is 17.1 Å². The number of rotatable bonds is 7. The fourth-order valence-corrected chi connectivity index (χ4v) is 3.90. The Labute approximate surface area is 202 Å². The molecule has 0 unspecified atom stereocenters. The van der Waals surface area contributed by atoms with Gasteiger partial charge in [-0.1, -0.05) is 51.4 Å². The molecule has 0 saturated heterocycles. The van der Waals surface area contributed by atoms with Crippen LogP contribution in [-0.4, -0.2) is 37.6 Å². The molecule has 2 heterocycles. The molecule has 160 valence electrons. The summed E-state index contributed by atoms with van der Waals surface area (Å²) in [5.41, 5.74) is 5.11. The minimum atomic E-state index is -0.250. The summed E-state index contributed by atoms with van der Waals surface area (Å²) in [6, 6.07) is 18.7. The van der Waals surface area contributed by atoms with Crippen LogP contribution in [0.1, 0.15) is 5.56 Å². The van der Waals surface area contributed by atoms with Gasteiger partial charge in [-0.2, -0.15) is 5.10 Å². The Balaban J connectivity index is 1.49. The van der Waals surface area contributed by atoms with E-state index in [9.17, 15) is 4.79 Å². The highest BCUT2D eigenvalue weighted by Crippen LogP contribution is 2.28. The lowest BCUT2D eigenvalue weighted by molar-refractivity contribution is -0.118. The first-order valence-corrected chi connectivity index (χ1v) is 11.6. The zero-order valence-electron chi connectivity index (χ0n) is 16.5. The van der Waals surface area contributed by atoms with Crippen LogP contribution in [0.3, 0.4) is 0 Å². The molecule has 0 atom stereocenters. The molecule has 32 heavy (non-hydrogen) atoms. The summed E-state index contributed by atoms with van der Waals surface area (Å²) in [6.07, 6.45) is 4.98. The number of hydrogen-bond acceptors (Lipinski definition) is 6. The van der Waals surface area contributed by atoms with E-state index in [1.54, 1.807) is 30.7 Å². The van der Waals surface area contributed by atoms with Crippen LogP contribution in [0.5, 0.6) is 0 Å². The summed E-state index contributed by atoms with van der Waals surface area (Å²) in [4.78, 5) is 16.4. The van der Waals surface area contributed by atoms with Crippen molar-refractivity contribution in [2.45, 2.75) is 5.16 Å². The molecule has 2 aromatic heterocycles. The standard InChI is InChI=1S/C22H16BrClN6OS/c23-17-3-1-15(2-4-17)13-26-27-20(31)14-32-22-29-28-21(16-9-11-25-12-10-16)30(22)19-7-5-18(24)6-8-19/h1-13H,14H2,(H,27,31). The second-order valence-corrected chi connectivity index (χ2v) is 8.78. The van der Waals surface area contributed by atoms with Gasteiger partial charge in [0.15, 0.2) is 11.0 Å². The van der Waals surface area contributed by atoms with E-state index in [-0.39, 0.29) is 11.7 Å². The van der Waals surface area contributed by atoms with E-state index in [4.69, 9.17) is 11.6 Å². The van der Waals surface area contributed by atoms with Gasteiger partial charge in [0.25, 0.3) is 5.91 Å². The summed E-state index contributed by atoms with van der Waals surface area (Å²) >= 11 is 10.7. The van der Waals surface area contributed by atoms with E-state index in [2.05, 4.69) is 41.6 Å². The van der Waals surface area contributed by atoms with E-state index < -0.39 is 0 Å². The first-order chi connectivity index (χ1) is 15.6. The van der Waals surface area contributed by atoms with Crippen molar-refractivity contribution >= 4 is 51.4 Å². The number of carbonyl (C=O) groups excluding carboxylic acids is 1. The van der Waals surface area contributed by atoms with Crippen molar-refractivity contribution in [1.82, 2.24) is 25.2 Å². The average Bonchev–Trinajstić information content (AvgIpc) is 3.24. The summed E-state index contributed by atoms with van der Waals surface area (Å²) < 4.78 is 2.86. The van der Waals surface area contributed by atoms with Crippen LogP contribution in [-0.2, 0) is 4.79 Å². The second-order valence-electron chi connectivity index (χ2n) is 6.49. The van der Waals surface area contributed by atoms with Crippen LogP contribution in [0.15, 0.2) is 87.8 Å². The SMILES string of the molecule is O=C(CSc1nnc(-c2ccncc2)n1-c1ccc(Cl)cc1)NN=Cc1ccc(Br)cc1. The number of hydrogen-bond donors (Lipinski definition) is 1. The molecule has 0 spiro atoms. The Bertz CT molecular complexity index is 1230. The quantitative estimate of drug-likeness (QED) is 0.208. The van der Waals surface area contributed by atoms with Gasteiger partial charge in [0, 0.05) is 33.1 Å². The molecule has 1 N–H and O–H groups in total. The number of pyridine rings is 1. The molecular weight excluding hydrogens is 512 g/mol. The highest BCUT2D eigenvalue weighted by atomic mass is 79.9. The lowest BCUT2D eigenvalue weighted by Gasteiger charge is -2.10. The maximum absolute atomic E-state index is 12.3. The Morgan fingerprint density at radius 2 is 1.78 bits per heavy atom. The molecule has 2 aromatic carbocycles. The van der Waals surface area contributed by atoms with Crippen molar-refractivity contribution in [3.05, 3.63) is 88.1 Å². The molecule has 0 aliphatic heterocycles. The minimum absolute atomic E-state index is 0.125. The summed E-state index contributed by atoms with van der Waals surface area (Å²) in [6.45, 7) is 0. The first kappa shape index (κ1) is 22.2. The van der Waals surface area contributed by atoms with Gasteiger partial charge in [0.05, 0.1) is 12.0 Å². The Hall–Kier alpha value is -3.01. The third-order valence-corrected chi connectivity index (χ3v) is 5.97. The number of nitrogens with one attached hydrogen (secondary N) is 1. The molecule has 0 aliphatic rings. The average molecular weight is 528 g/mol. The molecule has 1 amide bonds. The molecule has 4 aromatic rings. The van der Waals surface area contributed by atoms with E-state index >= 15 is 0 Å². The number of carbonyl (C=O) groups is 1. The number of thioether (sulfide) groups is 1. The normalized spacial score (nSPS) is 11.1. The highest BCUT2D eigenvalue weighted by Gasteiger charge is 2.17. The zero-order chi connectivity index (χ0) is 22.3. The van der Waals surface area contributed by atoms with Gasteiger partial charge in [-0.15, -0.1) is 10.2 Å². The third kappa shape index (κ3) is 5.61. The van der Waals surface area contributed by atoms with Crippen molar-refractivity contribution in [3.63, 3.8) is 0 Å². The van der Waals surface area contributed by atoms with Crippen molar-refractivity contribution in [3.8, 4) is 17.1 Å². The van der Waals surface area contributed by atoms with E-state index in [1.807, 2.05) is 53.1 Å². The van der Waals surface area contributed by atoms with Gasteiger partial charge in [-0.25, -0.2) is 5.43 Å². The molecule has 10 heteroatoms. The van der Waals surface area contributed by atoms with Gasteiger partial charge in [0.1, 0.15) is 0 Å². The van der Waals surface area contributed by atoms with Crippen LogP contribution >= 0.6 is 39.3 Å². The maximum Gasteiger partial charge on any atom is 0.250 e. The summed E-state index contributed by atoms with van der Waals surface area (Å²) in [5, 5.41) is 13.9. The molecule has 0 bridgehead atoms. The van der Waals surface area contributed by atoms with Crippen LogP contribution in [0, 0.1) is 0 Å². The van der Waals surface area contributed by atoms with E-state index in [0.29, 0.717) is 16.0 Å². The van der Waals surface area contributed by atoms with Gasteiger partial charge in [-0.05, 0) is 54.1 Å². The summed E-state index contributed by atoms with van der Waals surface area (Å²) in [5.74, 6) is 0.519. The number of amides is 1. The number of benzene rings is 2. The Morgan fingerprint density at radius 3 is 2.50 bits per heavy atom. The third-order valence-electron chi connectivity index (χ3n) is 4.26. The fourth-order valence-electron chi connectivity index (χ4n) is 2.76. The molecular formula is C22H16BrClN6OS. The predicted molar refractivity (Wildman–Crippen MR) is 130 cm³/mol. The zero-order valence-corrected chi connectivity index (χ0v) is 19.7. The van der Waals surface area contributed by atoms with Crippen LogP contribution in [0.2, 0.25) is 5.02 Å². The number of halogens is 2. The molecule has 7 nitrogen and oxygen atoms in total. The molecule has 0 aliphatic carbocycles. The van der Waals surface area contributed by atoms with Crippen LogP contribution < -0.4 is 5.43 Å². The largest absolute Gasteiger partial charge is 0.272 e. The Kier molecular flexibility index (Phi) is 7.31. The molecule has 4 rings (SSSR count). The number of aromatic nitrogens is 4. The van der Waals surface area contributed by atoms with Gasteiger partial charge in [-0.3, -0.25) is 14.3 Å². The predicted octanol–water partition coefficient (Wildman–Crippen LogP) is 4.99. The molecule has 0 fully saturated rings.